The number of amides is 2. The molecule has 0 bridgehead atoms. The van der Waals surface area contributed by atoms with Gasteiger partial charge in [0, 0.05) is 15.4 Å². The van der Waals surface area contributed by atoms with Crippen LogP contribution in [0.4, 0.5) is 10.5 Å². The summed E-state index contributed by atoms with van der Waals surface area (Å²) in [6.45, 7) is 0. The molecule has 19 heavy (non-hydrogen) atoms. The molecule has 1 rings (SSSR count). The van der Waals surface area contributed by atoms with Crippen LogP contribution >= 0.6 is 31.9 Å². The Labute approximate surface area is 127 Å². The van der Waals surface area contributed by atoms with E-state index in [-0.39, 0.29) is 6.42 Å². The van der Waals surface area contributed by atoms with Crippen LogP contribution in [0.2, 0.25) is 0 Å². The number of carbonyl (C=O) groups excluding carboxylic acids is 1. The Bertz CT molecular complexity index is 540. The lowest BCUT2D eigenvalue weighted by atomic mass is 10.2. The number of rotatable bonds is 4. The maximum atomic E-state index is 11.7. The van der Waals surface area contributed by atoms with E-state index < -0.39 is 18.0 Å². The van der Waals surface area contributed by atoms with E-state index >= 15 is 0 Å². The molecule has 0 aliphatic heterocycles. The number of urea groups is 1. The van der Waals surface area contributed by atoms with E-state index in [0.717, 1.165) is 4.47 Å². The van der Waals surface area contributed by atoms with Gasteiger partial charge in [0.2, 0.25) is 0 Å². The third-order valence-electron chi connectivity index (χ3n) is 2.10. The first-order valence-corrected chi connectivity index (χ1v) is 6.71. The molecule has 5 nitrogen and oxygen atoms in total. The highest BCUT2D eigenvalue weighted by molar-refractivity contribution is 9.11. The van der Waals surface area contributed by atoms with Gasteiger partial charge in [0.1, 0.15) is 6.04 Å². The standard InChI is InChI=1S/C12H10Br2N2O3/c1-2-3-9(11(17)18)15-12(19)16-10-6-7(13)4-5-8(10)14/h1,4-6,9H,3H2,(H,17,18)(H2,15,16,19). The largest absolute Gasteiger partial charge is 0.480 e. The Morgan fingerprint density at radius 1 is 1.42 bits per heavy atom. The third-order valence-corrected chi connectivity index (χ3v) is 3.29. The highest BCUT2D eigenvalue weighted by atomic mass is 79.9. The Hall–Kier alpha value is -1.52. The van der Waals surface area contributed by atoms with Crippen molar-refractivity contribution in [2.75, 3.05) is 5.32 Å². The topological polar surface area (TPSA) is 78.4 Å². The summed E-state index contributed by atoms with van der Waals surface area (Å²) in [6.07, 6.45) is 4.96. The molecule has 2 amide bonds. The second kappa shape index (κ2) is 7.16. The molecule has 3 N–H and O–H groups in total. The van der Waals surface area contributed by atoms with Gasteiger partial charge in [-0.05, 0) is 34.1 Å². The van der Waals surface area contributed by atoms with Crippen LogP contribution in [0, 0.1) is 12.3 Å². The number of aliphatic carboxylic acids is 1. The number of nitrogens with one attached hydrogen (secondary N) is 2. The fourth-order valence-electron chi connectivity index (χ4n) is 1.23. The molecule has 0 fully saturated rings. The van der Waals surface area contributed by atoms with Gasteiger partial charge in [-0.1, -0.05) is 15.9 Å². The number of carboxylic acids is 1. The zero-order valence-electron chi connectivity index (χ0n) is 9.61. The van der Waals surface area contributed by atoms with Crippen LogP contribution in [0.25, 0.3) is 0 Å². The summed E-state index contributed by atoms with van der Waals surface area (Å²) >= 11 is 6.54. The SMILES string of the molecule is C#CCC(NC(=O)Nc1cc(Br)ccc1Br)C(=O)O. The summed E-state index contributed by atoms with van der Waals surface area (Å²) < 4.78 is 1.46. The molecule has 0 spiro atoms. The third kappa shape index (κ3) is 4.93. The quantitative estimate of drug-likeness (QED) is 0.693. The van der Waals surface area contributed by atoms with Gasteiger partial charge in [0.05, 0.1) is 5.69 Å². The van der Waals surface area contributed by atoms with Crippen LogP contribution in [0.3, 0.4) is 0 Å². The van der Waals surface area contributed by atoms with Crippen molar-refractivity contribution in [3.63, 3.8) is 0 Å². The molecule has 1 atom stereocenters. The predicted molar refractivity (Wildman–Crippen MR) is 78.9 cm³/mol. The number of benzene rings is 1. The molecule has 0 saturated heterocycles. The van der Waals surface area contributed by atoms with Crippen LogP contribution in [-0.2, 0) is 4.79 Å². The van der Waals surface area contributed by atoms with E-state index in [2.05, 4.69) is 48.4 Å². The van der Waals surface area contributed by atoms with Crippen LogP contribution in [0.15, 0.2) is 27.1 Å². The molecular formula is C12H10Br2N2O3. The van der Waals surface area contributed by atoms with Gasteiger partial charge >= 0.3 is 12.0 Å². The van der Waals surface area contributed by atoms with Crippen molar-refractivity contribution in [2.24, 2.45) is 0 Å². The van der Waals surface area contributed by atoms with Crippen molar-refractivity contribution in [3.8, 4) is 12.3 Å². The molecular weight excluding hydrogens is 380 g/mol. The number of hydrogen-bond donors (Lipinski definition) is 3. The van der Waals surface area contributed by atoms with Gasteiger partial charge in [0.25, 0.3) is 0 Å². The molecule has 0 radical (unpaired) electrons. The fourth-order valence-corrected chi connectivity index (χ4v) is 1.93. The molecule has 0 heterocycles. The average Bonchev–Trinajstić information content (AvgIpc) is 2.33. The molecule has 100 valence electrons. The molecule has 1 aromatic rings. The normalized spacial score (nSPS) is 11.2. The van der Waals surface area contributed by atoms with Gasteiger partial charge in [-0.3, -0.25) is 0 Å². The monoisotopic (exact) mass is 388 g/mol. The van der Waals surface area contributed by atoms with Crippen LogP contribution in [0.5, 0.6) is 0 Å². The summed E-state index contributed by atoms with van der Waals surface area (Å²) in [5.41, 5.74) is 0.511. The number of carboxylic acid groups (broad SMARTS) is 1. The van der Waals surface area contributed by atoms with Crippen molar-refractivity contribution in [1.82, 2.24) is 5.32 Å². The fraction of sp³-hybridized carbons (Fsp3) is 0.167. The highest BCUT2D eigenvalue weighted by Crippen LogP contribution is 2.25. The van der Waals surface area contributed by atoms with Crippen molar-refractivity contribution in [2.45, 2.75) is 12.5 Å². The Kier molecular flexibility index (Phi) is 5.86. The van der Waals surface area contributed by atoms with Crippen molar-refractivity contribution in [3.05, 3.63) is 27.1 Å². The second-order valence-electron chi connectivity index (χ2n) is 3.52. The minimum absolute atomic E-state index is 0.0809. The zero-order valence-corrected chi connectivity index (χ0v) is 12.8. The average molecular weight is 390 g/mol. The number of anilines is 1. The van der Waals surface area contributed by atoms with E-state index in [1.54, 1.807) is 18.2 Å². The smallest absolute Gasteiger partial charge is 0.327 e. The van der Waals surface area contributed by atoms with Gasteiger partial charge < -0.3 is 15.7 Å². The van der Waals surface area contributed by atoms with E-state index in [1.807, 2.05) is 0 Å². The maximum absolute atomic E-state index is 11.7. The van der Waals surface area contributed by atoms with E-state index in [9.17, 15) is 9.59 Å². The lowest BCUT2D eigenvalue weighted by Gasteiger charge is -2.13. The lowest BCUT2D eigenvalue weighted by molar-refractivity contribution is -0.139. The van der Waals surface area contributed by atoms with E-state index in [1.165, 1.54) is 0 Å². The van der Waals surface area contributed by atoms with Crippen molar-refractivity contribution >= 4 is 49.5 Å². The van der Waals surface area contributed by atoms with E-state index in [4.69, 9.17) is 11.5 Å². The molecule has 0 aliphatic rings. The lowest BCUT2D eigenvalue weighted by Crippen LogP contribution is -2.42. The van der Waals surface area contributed by atoms with Gasteiger partial charge in [-0.15, -0.1) is 12.3 Å². The number of carbonyl (C=O) groups is 2. The first-order chi connectivity index (χ1) is 8.93. The first kappa shape index (κ1) is 15.5. The minimum atomic E-state index is -1.18. The summed E-state index contributed by atoms with van der Waals surface area (Å²) in [7, 11) is 0. The summed E-state index contributed by atoms with van der Waals surface area (Å²) in [5, 5.41) is 13.7. The molecule has 0 aliphatic carbocycles. The number of hydrogen-bond acceptors (Lipinski definition) is 2. The first-order valence-electron chi connectivity index (χ1n) is 5.13. The Balaban J connectivity index is 2.72. The van der Waals surface area contributed by atoms with Gasteiger partial charge in [-0.25, -0.2) is 9.59 Å². The Morgan fingerprint density at radius 2 is 2.11 bits per heavy atom. The summed E-state index contributed by atoms with van der Waals surface area (Å²) in [5.74, 6) is 1.02. The van der Waals surface area contributed by atoms with E-state index in [0.29, 0.717) is 10.2 Å². The molecule has 1 aromatic carbocycles. The van der Waals surface area contributed by atoms with Crippen LogP contribution < -0.4 is 10.6 Å². The zero-order chi connectivity index (χ0) is 14.4. The molecule has 7 heteroatoms. The Morgan fingerprint density at radius 3 is 2.68 bits per heavy atom. The summed E-state index contributed by atoms with van der Waals surface area (Å²) in [4.78, 5) is 22.5. The number of terminal acetylenes is 1. The van der Waals surface area contributed by atoms with Crippen molar-refractivity contribution < 1.29 is 14.7 Å². The van der Waals surface area contributed by atoms with Crippen molar-refractivity contribution in [1.29, 1.82) is 0 Å². The van der Waals surface area contributed by atoms with Gasteiger partial charge in [-0.2, -0.15) is 0 Å². The van der Waals surface area contributed by atoms with Crippen LogP contribution in [0.1, 0.15) is 6.42 Å². The predicted octanol–water partition coefficient (Wildman–Crippen LogP) is 2.81. The van der Waals surface area contributed by atoms with Gasteiger partial charge in [0.15, 0.2) is 0 Å². The summed E-state index contributed by atoms with van der Waals surface area (Å²) in [6, 6.07) is 3.47. The molecule has 0 saturated carbocycles. The van der Waals surface area contributed by atoms with Crippen LogP contribution in [-0.4, -0.2) is 23.1 Å². The number of halogens is 2. The minimum Gasteiger partial charge on any atom is -0.480 e. The highest BCUT2D eigenvalue weighted by Gasteiger charge is 2.19. The maximum Gasteiger partial charge on any atom is 0.327 e. The molecule has 0 aromatic heterocycles. The molecule has 1 unspecified atom stereocenters. The second-order valence-corrected chi connectivity index (χ2v) is 5.29.